The van der Waals surface area contributed by atoms with E-state index in [1.54, 1.807) is 24.5 Å². The van der Waals surface area contributed by atoms with Gasteiger partial charge in [0.25, 0.3) is 0 Å². The number of fused-ring (bicyclic) bond motifs is 6. The molecule has 0 unspecified atom stereocenters. The van der Waals surface area contributed by atoms with Gasteiger partial charge >= 0.3 is 0 Å². The van der Waals surface area contributed by atoms with Gasteiger partial charge in [-0.05, 0) is 36.4 Å². The van der Waals surface area contributed by atoms with Crippen molar-refractivity contribution in [3.05, 3.63) is 61.2 Å². The minimum Gasteiger partial charge on any atom is -0.254 e. The van der Waals surface area contributed by atoms with Gasteiger partial charge in [-0.3, -0.25) is 9.97 Å². The summed E-state index contributed by atoms with van der Waals surface area (Å²) < 4.78 is 0. The van der Waals surface area contributed by atoms with Crippen molar-refractivity contribution >= 4 is 45.0 Å². The van der Waals surface area contributed by atoms with Crippen LogP contribution in [0.2, 0.25) is 0 Å². The van der Waals surface area contributed by atoms with E-state index < -0.39 is 0 Å². The molecule has 0 atom stereocenters. The van der Waals surface area contributed by atoms with Crippen LogP contribution in [0.5, 0.6) is 0 Å². The van der Waals surface area contributed by atoms with E-state index in [9.17, 15) is 0 Å². The minimum absolute atomic E-state index is 0.718. The van der Waals surface area contributed by atoms with Crippen molar-refractivity contribution in [3.8, 4) is 0 Å². The molecule has 0 fully saturated rings. The summed E-state index contributed by atoms with van der Waals surface area (Å²) in [7, 11) is 0. The first-order valence-electron chi connectivity index (χ1n) is 6.91. The molecular formula is C18H12N4. The zero-order valence-corrected chi connectivity index (χ0v) is 11.8. The first-order chi connectivity index (χ1) is 10.8. The lowest BCUT2D eigenvalue weighted by atomic mass is 10.1. The van der Waals surface area contributed by atoms with E-state index in [1.165, 1.54) is 0 Å². The van der Waals surface area contributed by atoms with Gasteiger partial charge in [-0.2, -0.15) is 0 Å². The van der Waals surface area contributed by atoms with Crippen LogP contribution in [0.3, 0.4) is 0 Å². The topological polar surface area (TPSA) is 51.6 Å². The van der Waals surface area contributed by atoms with Crippen LogP contribution in [0.4, 0.5) is 0 Å². The fraction of sp³-hybridized carbons (Fsp3) is 0. The van der Waals surface area contributed by atoms with Gasteiger partial charge in [0.05, 0.1) is 33.5 Å². The molecule has 4 nitrogen and oxygen atoms in total. The van der Waals surface area contributed by atoms with Crippen LogP contribution in [-0.4, -0.2) is 19.9 Å². The molecule has 3 aromatic heterocycles. The second-order valence-electron chi connectivity index (χ2n) is 4.90. The molecule has 0 aliphatic carbocycles. The van der Waals surface area contributed by atoms with Gasteiger partial charge in [0, 0.05) is 23.2 Å². The van der Waals surface area contributed by atoms with Gasteiger partial charge in [-0.15, -0.1) is 0 Å². The molecule has 0 radical (unpaired) electrons. The van der Waals surface area contributed by atoms with Crippen LogP contribution < -0.4 is 0 Å². The molecule has 22 heavy (non-hydrogen) atoms. The Labute approximate surface area is 126 Å². The van der Waals surface area contributed by atoms with Crippen molar-refractivity contribution in [2.75, 3.05) is 0 Å². The lowest BCUT2D eigenvalue weighted by Gasteiger charge is -2.09. The third-order valence-corrected chi connectivity index (χ3v) is 3.69. The molecule has 4 aromatic rings. The van der Waals surface area contributed by atoms with Crippen LogP contribution in [0.15, 0.2) is 49.8 Å². The summed E-state index contributed by atoms with van der Waals surface area (Å²) in [4.78, 5) is 18.4. The Bertz CT molecular complexity index is 980. The highest BCUT2D eigenvalue weighted by Gasteiger charge is 2.14. The van der Waals surface area contributed by atoms with E-state index in [0.717, 1.165) is 44.2 Å². The summed E-state index contributed by atoms with van der Waals surface area (Å²) >= 11 is 0. The van der Waals surface area contributed by atoms with E-state index in [-0.39, 0.29) is 0 Å². The smallest absolute Gasteiger partial charge is 0.0996 e. The quantitative estimate of drug-likeness (QED) is 0.522. The first-order valence-corrected chi connectivity index (χ1v) is 6.91. The van der Waals surface area contributed by atoms with Gasteiger partial charge < -0.3 is 0 Å². The number of nitrogens with zero attached hydrogens (tertiary/aromatic N) is 4. The maximum absolute atomic E-state index is 4.72. The van der Waals surface area contributed by atoms with Gasteiger partial charge in [0.1, 0.15) is 0 Å². The average molecular weight is 284 g/mol. The van der Waals surface area contributed by atoms with Crippen molar-refractivity contribution in [2.45, 2.75) is 0 Å². The number of aromatic nitrogens is 4. The fourth-order valence-electron chi connectivity index (χ4n) is 2.71. The number of hydrogen-bond acceptors (Lipinski definition) is 4. The Kier molecular flexibility index (Phi) is 2.69. The highest BCUT2D eigenvalue weighted by atomic mass is 14.8. The molecule has 0 N–H and O–H groups in total. The monoisotopic (exact) mass is 284 g/mol. The van der Waals surface area contributed by atoms with E-state index in [4.69, 9.17) is 9.97 Å². The van der Waals surface area contributed by atoms with E-state index in [0.29, 0.717) is 0 Å². The molecule has 0 saturated heterocycles. The highest BCUT2D eigenvalue weighted by Crippen LogP contribution is 2.31. The molecule has 0 amide bonds. The molecular weight excluding hydrogens is 272 g/mol. The predicted octanol–water partition coefficient (Wildman–Crippen LogP) is 4.01. The first kappa shape index (κ1) is 12.6. The average Bonchev–Trinajstić information content (AvgIpc) is 2.60. The molecule has 4 heteroatoms. The lowest BCUT2D eigenvalue weighted by Crippen LogP contribution is -1.97. The van der Waals surface area contributed by atoms with Crippen LogP contribution in [-0.2, 0) is 0 Å². The summed E-state index contributed by atoms with van der Waals surface area (Å²) in [5.74, 6) is 0. The maximum atomic E-state index is 4.72. The van der Waals surface area contributed by atoms with Crippen LogP contribution >= 0.6 is 0 Å². The summed E-state index contributed by atoms with van der Waals surface area (Å²) in [6.07, 6.45) is 6.92. The Hall–Kier alpha value is -3.14. The van der Waals surface area contributed by atoms with Crippen LogP contribution in [0, 0.1) is 0 Å². The van der Waals surface area contributed by atoms with Crippen molar-refractivity contribution in [3.63, 3.8) is 0 Å². The molecule has 4 rings (SSSR count). The van der Waals surface area contributed by atoms with Gasteiger partial charge in [0.15, 0.2) is 0 Å². The van der Waals surface area contributed by atoms with Crippen molar-refractivity contribution in [1.82, 2.24) is 19.9 Å². The second-order valence-corrected chi connectivity index (χ2v) is 4.90. The molecule has 0 aliphatic heterocycles. The summed E-state index contributed by atoms with van der Waals surface area (Å²) in [6, 6.07) is 7.78. The molecule has 3 heterocycles. The standard InChI is InChI=1S/C18H12N4/c1-3-13-14(4-2)22-18-12-8-6-10-20-16(12)15-11(17(18)21-13)7-5-9-19-15/h3-10H,1-2H2. The van der Waals surface area contributed by atoms with Crippen LogP contribution in [0.1, 0.15) is 11.4 Å². The number of hydrogen-bond donors (Lipinski definition) is 0. The molecule has 0 aliphatic rings. The minimum atomic E-state index is 0.718. The SMILES string of the molecule is C=Cc1nc2c3cccnc3c3ncccc3c2nc1C=C. The van der Waals surface area contributed by atoms with Gasteiger partial charge in [-0.25, -0.2) is 9.97 Å². The maximum Gasteiger partial charge on any atom is 0.0996 e. The number of benzene rings is 1. The van der Waals surface area contributed by atoms with E-state index >= 15 is 0 Å². The molecule has 0 spiro atoms. The molecule has 0 bridgehead atoms. The van der Waals surface area contributed by atoms with Crippen molar-refractivity contribution < 1.29 is 0 Å². The lowest BCUT2D eigenvalue weighted by molar-refractivity contribution is 1.25. The Morgan fingerprint density at radius 1 is 0.682 bits per heavy atom. The molecule has 104 valence electrons. The van der Waals surface area contributed by atoms with E-state index in [2.05, 4.69) is 23.1 Å². The zero-order valence-electron chi connectivity index (χ0n) is 11.8. The highest BCUT2D eigenvalue weighted by molar-refractivity contribution is 6.20. The van der Waals surface area contributed by atoms with Crippen molar-refractivity contribution in [2.24, 2.45) is 0 Å². The predicted molar refractivity (Wildman–Crippen MR) is 90.3 cm³/mol. The number of rotatable bonds is 2. The number of pyridine rings is 2. The van der Waals surface area contributed by atoms with Crippen LogP contribution in [0.25, 0.3) is 45.0 Å². The second kappa shape index (κ2) is 4.70. The summed E-state index contributed by atoms with van der Waals surface area (Å²) in [6.45, 7) is 7.62. The molecule has 0 saturated carbocycles. The molecule has 1 aromatic carbocycles. The zero-order chi connectivity index (χ0) is 15.1. The third-order valence-electron chi connectivity index (χ3n) is 3.69. The summed E-state index contributed by atoms with van der Waals surface area (Å²) in [5, 5.41) is 1.88. The summed E-state index contributed by atoms with van der Waals surface area (Å²) in [5.41, 5.74) is 4.72. The Balaban J connectivity index is 2.37. The fourth-order valence-corrected chi connectivity index (χ4v) is 2.71. The van der Waals surface area contributed by atoms with Gasteiger partial charge in [0.2, 0.25) is 0 Å². The van der Waals surface area contributed by atoms with Crippen molar-refractivity contribution in [1.29, 1.82) is 0 Å². The Morgan fingerprint density at radius 3 is 1.55 bits per heavy atom. The van der Waals surface area contributed by atoms with E-state index in [1.807, 2.05) is 24.3 Å². The largest absolute Gasteiger partial charge is 0.254 e. The van der Waals surface area contributed by atoms with Gasteiger partial charge in [-0.1, -0.05) is 13.2 Å². The third kappa shape index (κ3) is 1.64. The Morgan fingerprint density at radius 2 is 1.14 bits per heavy atom. The normalized spacial score (nSPS) is 11.1.